The van der Waals surface area contributed by atoms with Crippen molar-refractivity contribution in [3.8, 4) is 0 Å². The highest BCUT2D eigenvalue weighted by atomic mass is 16.4. The van der Waals surface area contributed by atoms with E-state index in [0.717, 1.165) is 19.4 Å². The molecular formula is C11H12N6O2. The van der Waals surface area contributed by atoms with Gasteiger partial charge in [-0.1, -0.05) is 5.10 Å². The average molecular weight is 260 g/mol. The molecule has 1 atom stereocenters. The average Bonchev–Trinajstić information content (AvgIpc) is 3.10. The molecular weight excluding hydrogens is 248 g/mol. The highest BCUT2D eigenvalue weighted by molar-refractivity contribution is 6.02. The number of nitrogens with zero attached hydrogens (tertiary/aromatic N) is 4. The summed E-state index contributed by atoms with van der Waals surface area (Å²) in [5.41, 5.74) is 0.334. The van der Waals surface area contributed by atoms with Crippen molar-refractivity contribution in [1.29, 1.82) is 0 Å². The number of carbonyl (C=O) groups excluding carboxylic acids is 1. The van der Waals surface area contributed by atoms with Gasteiger partial charge in [-0.05, 0) is 19.4 Å². The zero-order valence-corrected chi connectivity index (χ0v) is 10.0. The molecule has 0 saturated carbocycles. The molecule has 3 rings (SSSR count). The Kier molecular flexibility index (Phi) is 3.15. The Morgan fingerprint density at radius 3 is 2.95 bits per heavy atom. The summed E-state index contributed by atoms with van der Waals surface area (Å²) in [7, 11) is 0. The Labute approximate surface area is 108 Å². The minimum absolute atomic E-state index is 0.0811. The second kappa shape index (κ2) is 5.11. The third-order valence-corrected chi connectivity index (χ3v) is 2.84. The number of rotatable bonds is 3. The first-order chi connectivity index (χ1) is 9.33. The van der Waals surface area contributed by atoms with Crippen LogP contribution in [0.2, 0.25) is 0 Å². The molecule has 19 heavy (non-hydrogen) atoms. The fourth-order valence-electron chi connectivity index (χ4n) is 1.91. The van der Waals surface area contributed by atoms with Crippen LogP contribution >= 0.6 is 0 Å². The number of amides is 1. The van der Waals surface area contributed by atoms with Gasteiger partial charge in [0.25, 0.3) is 5.91 Å². The molecule has 0 aromatic carbocycles. The van der Waals surface area contributed by atoms with E-state index in [1.165, 1.54) is 18.7 Å². The molecule has 0 aliphatic carbocycles. The number of hydrogen-bond acceptors (Lipinski definition) is 7. The molecule has 1 fully saturated rings. The summed E-state index contributed by atoms with van der Waals surface area (Å²) in [6.45, 7) is 0.941. The number of hydrogen-bond donors (Lipinski definition) is 2. The first-order valence-corrected chi connectivity index (χ1v) is 5.96. The number of anilines is 1. The molecule has 0 spiro atoms. The van der Waals surface area contributed by atoms with Crippen molar-refractivity contribution in [3.63, 3.8) is 0 Å². The Hall–Kier alpha value is -2.35. The van der Waals surface area contributed by atoms with Crippen molar-refractivity contribution < 1.29 is 9.21 Å². The van der Waals surface area contributed by atoms with Crippen LogP contribution in [0, 0.1) is 0 Å². The van der Waals surface area contributed by atoms with Crippen molar-refractivity contribution in [2.24, 2.45) is 0 Å². The third kappa shape index (κ3) is 2.58. The molecule has 8 heteroatoms. The highest BCUT2D eigenvalue weighted by Gasteiger charge is 2.22. The summed E-state index contributed by atoms with van der Waals surface area (Å²) < 4.78 is 5.40. The minimum Gasteiger partial charge on any atom is -0.406 e. The molecule has 1 aliphatic rings. The van der Waals surface area contributed by atoms with E-state index in [4.69, 9.17) is 4.42 Å². The second-order valence-corrected chi connectivity index (χ2v) is 4.18. The first kappa shape index (κ1) is 11.7. The molecule has 3 heterocycles. The van der Waals surface area contributed by atoms with E-state index in [9.17, 15) is 4.79 Å². The number of aromatic nitrogens is 4. The maximum atomic E-state index is 11.8. The molecule has 0 bridgehead atoms. The van der Waals surface area contributed by atoms with Gasteiger partial charge in [0, 0.05) is 12.4 Å². The molecule has 8 nitrogen and oxygen atoms in total. The van der Waals surface area contributed by atoms with E-state index in [2.05, 4.69) is 30.8 Å². The fraction of sp³-hybridized carbons (Fsp3) is 0.364. The third-order valence-electron chi connectivity index (χ3n) is 2.84. The smallest absolute Gasteiger partial charge is 0.322 e. The van der Waals surface area contributed by atoms with Crippen LogP contribution in [-0.2, 0) is 0 Å². The van der Waals surface area contributed by atoms with Crippen LogP contribution < -0.4 is 10.6 Å². The van der Waals surface area contributed by atoms with E-state index < -0.39 is 0 Å². The van der Waals surface area contributed by atoms with Crippen molar-refractivity contribution >= 4 is 11.9 Å². The summed E-state index contributed by atoms with van der Waals surface area (Å²) in [6, 6.07) is 0.163. The first-order valence-electron chi connectivity index (χ1n) is 5.96. The van der Waals surface area contributed by atoms with Gasteiger partial charge in [-0.2, -0.15) is 0 Å². The second-order valence-electron chi connectivity index (χ2n) is 4.18. The number of carbonyl (C=O) groups is 1. The molecule has 2 N–H and O–H groups in total. The summed E-state index contributed by atoms with van der Waals surface area (Å²) in [5, 5.41) is 13.5. The summed E-state index contributed by atoms with van der Waals surface area (Å²) >= 11 is 0. The molecule has 2 aromatic rings. The molecule has 98 valence electrons. The van der Waals surface area contributed by atoms with Gasteiger partial charge < -0.3 is 9.73 Å². The minimum atomic E-state index is -0.379. The van der Waals surface area contributed by atoms with Gasteiger partial charge in [0.05, 0.1) is 11.6 Å². The van der Waals surface area contributed by atoms with Crippen molar-refractivity contribution in [2.45, 2.75) is 18.9 Å². The number of nitrogens with one attached hydrogen (secondary N) is 2. The lowest BCUT2D eigenvalue weighted by Gasteiger charge is -2.02. The monoisotopic (exact) mass is 260 g/mol. The van der Waals surface area contributed by atoms with E-state index in [-0.39, 0.29) is 18.0 Å². The zero-order valence-electron chi connectivity index (χ0n) is 10.0. The zero-order chi connectivity index (χ0) is 13.1. The molecule has 1 amide bonds. The maximum absolute atomic E-state index is 11.8. The lowest BCUT2D eigenvalue weighted by molar-refractivity contribution is 0.102. The van der Waals surface area contributed by atoms with Gasteiger partial charge in [0.15, 0.2) is 0 Å². The van der Waals surface area contributed by atoms with Gasteiger partial charge in [0.2, 0.25) is 5.89 Å². The van der Waals surface area contributed by atoms with Crippen LogP contribution in [0.15, 0.2) is 23.1 Å². The fourth-order valence-corrected chi connectivity index (χ4v) is 1.91. The normalized spacial score (nSPS) is 18.4. The summed E-state index contributed by atoms with van der Waals surface area (Å²) in [6.07, 6.45) is 6.22. The van der Waals surface area contributed by atoms with E-state index in [1.807, 2.05) is 0 Å². The van der Waals surface area contributed by atoms with Crippen LogP contribution in [0.4, 0.5) is 6.01 Å². The van der Waals surface area contributed by atoms with Crippen LogP contribution in [-0.4, -0.2) is 32.6 Å². The van der Waals surface area contributed by atoms with E-state index in [0.29, 0.717) is 11.5 Å². The topological polar surface area (TPSA) is 106 Å². The molecule has 0 radical (unpaired) electrons. The summed E-state index contributed by atoms with van der Waals surface area (Å²) in [4.78, 5) is 19.3. The van der Waals surface area contributed by atoms with Gasteiger partial charge >= 0.3 is 6.01 Å². The Morgan fingerprint density at radius 2 is 2.21 bits per heavy atom. The van der Waals surface area contributed by atoms with Crippen molar-refractivity contribution in [2.75, 3.05) is 11.9 Å². The lowest BCUT2D eigenvalue weighted by atomic mass is 10.2. The predicted octanol–water partition coefficient (Wildman–Crippen LogP) is 0.536. The largest absolute Gasteiger partial charge is 0.406 e. The molecule has 1 unspecified atom stereocenters. The van der Waals surface area contributed by atoms with E-state index >= 15 is 0 Å². The van der Waals surface area contributed by atoms with Crippen LogP contribution in [0.1, 0.15) is 35.1 Å². The highest BCUT2D eigenvalue weighted by Crippen LogP contribution is 2.22. The van der Waals surface area contributed by atoms with E-state index in [1.54, 1.807) is 0 Å². The van der Waals surface area contributed by atoms with Crippen molar-refractivity contribution in [3.05, 3.63) is 30.2 Å². The quantitative estimate of drug-likeness (QED) is 0.829. The van der Waals surface area contributed by atoms with Gasteiger partial charge in [0.1, 0.15) is 6.33 Å². The van der Waals surface area contributed by atoms with Crippen LogP contribution in [0.5, 0.6) is 0 Å². The Morgan fingerprint density at radius 1 is 1.37 bits per heavy atom. The maximum Gasteiger partial charge on any atom is 0.322 e. The van der Waals surface area contributed by atoms with Crippen LogP contribution in [0.3, 0.4) is 0 Å². The lowest BCUT2D eigenvalue weighted by Crippen LogP contribution is -2.13. The Bertz CT molecular complexity index is 564. The van der Waals surface area contributed by atoms with Gasteiger partial charge in [-0.3, -0.25) is 10.1 Å². The van der Waals surface area contributed by atoms with Crippen LogP contribution in [0.25, 0.3) is 0 Å². The van der Waals surface area contributed by atoms with Crippen molar-refractivity contribution in [1.82, 2.24) is 25.5 Å². The predicted molar refractivity (Wildman–Crippen MR) is 64.3 cm³/mol. The molecule has 1 saturated heterocycles. The standard InChI is InChI=1S/C11H12N6O2/c18-9(7-4-12-6-13-5-7)15-11-17-16-10(19-11)8-2-1-3-14-8/h4-6,8,14H,1-3H2,(H,15,17,18). The molecule has 2 aromatic heterocycles. The van der Waals surface area contributed by atoms with Gasteiger partial charge in [-0.15, -0.1) is 5.10 Å². The SMILES string of the molecule is O=C(Nc1nnc(C2CCCN2)o1)c1cncnc1. The Balaban J connectivity index is 1.68. The van der Waals surface area contributed by atoms with Gasteiger partial charge in [-0.25, -0.2) is 9.97 Å². The molecule has 1 aliphatic heterocycles. The summed E-state index contributed by atoms with van der Waals surface area (Å²) in [5.74, 6) is 0.118.